The molecule has 1 saturated carbocycles. The van der Waals surface area contributed by atoms with Crippen molar-refractivity contribution in [1.29, 1.82) is 5.26 Å². The summed E-state index contributed by atoms with van der Waals surface area (Å²) in [6, 6.07) is 3.97. The van der Waals surface area contributed by atoms with Crippen molar-refractivity contribution in [2.75, 3.05) is 26.5 Å². The maximum absolute atomic E-state index is 13.3. The summed E-state index contributed by atoms with van der Waals surface area (Å²) in [5.74, 6) is -1.66. The number of nitrogens with zero attached hydrogens (tertiary/aromatic N) is 3. The van der Waals surface area contributed by atoms with Crippen molar-refractivity contribution in [1.82, 2.24) is 9.55 Å². The van der Waals surface area contributed by atoms with E-state index in [-0.39, 0.29) is 11.8 Å². The number of fused-ring (bicyclic) bond motifs is 1. The van der Waals surface area contributed by atoms with Crippen LogP contribution in [0.5, 0.6) is 0 Å². The third-order valence-electron chi connectivity index (χ3n) is 7.99. The number of halogens is 1. The molecule has 0 unspecified atom stereocenters. The van der Waals surface area contributed by atoms with Crippen molar-refractivity contribution >= 4 is 42.2 Å². The normalized spacial score (nSPS) is 22.2. The van der Waals surface area contributed by atoms with Crippen molar-refractivity contribution < 1.29 is 52.4 Å². The lowest BCUT2D eigenvalue weighted by Crippen LogP contribution is -2.34. The zero-order valence-electron chi connectivity index (χ0n) is 26.3. The summed E-state index contributed by atoms with van der Waals surface area (Å²) in [4.78, 5) is 28.0. The average Bonchev–Trinajstić information content (AvgIpc) is 3.73. The predicted molar refractivity (Wildman–Crippen MR) is 163 cm³/mol. The van der Waals surface area contributed by atoms with Crippen molar-refractivity contribution in [2.45, 2.75) is 84.3 Å². The molecule has 2 fully saturated rings. The third kappa shape index (κ3) is 8.65. The number of aliphatic hydroxyl groups is 2. The maximum atomic E-state index is 13.3. The zero-order valence-corrected chi connectivity index (χ0v) is 27.9. The molecule has 0 amide bonds. The van der Waals surface area contributed by atoms with Gasteiger partial charge in [0.2, 0.25) is 13.6 Å². The quantitative estimate of drug-likeness (QED) is 0.116. The fourth-order valence-corrected chi connectivity index (χ4v) is 6.60. The molecule has 0 bridgehead atoms. The van der Waals surface area contributed by atoms with Gasteiger partial charge in [-0.2, -0.15) is 5.26 Å². The summed E-state index contributed by atoms with van der Waals surface area (Å²) in [5, 5.41) is 32.3. The molecule has 2 N–H and O–H groups in total. The Balaban J connectivity index is 1.44. The van der Waals surface area contributed by atoms with E-state index in [2.05, 4.69) is 11.1 Å². The highest BCUT2D eigenvalue weighted by molar-refractivity contribution is 7.53. The second kappa shape index (κ2) is 16.0. The lowest BCUT2D eigenvalue weighted by molar-refractivity contribution is -0.156. The predicted octanol–water partition coefficient (Wildman–Crippen LogP) is 4.43. The number of esters is 2. The summed E-state index contributed by atoms with van der Waals surface area (Å²) in [6.45, 7) is 4.70. The Morgan fingerprint density at radius 1 is 1.11 bits per heavy atom. The first-order chi connectivity index (χ1) is 21.8. The van der Waals surface area contributed by atoms with Gasteiger partial charge in [0.1, 0.15) is 41.5 Å². The van der Waals surface area contributed by atoms with E-state index < -0.39 is 75.8 Å². The molecule has 2 aromatic heterocycles. The second-order valence-corrected chi connectivity index (χ2v) is 14.4. The molecule has 254 valence electrons. The average molecular weight is 686 g/mol. The molecule has 1 saturated heterocycles. The Bertz CT molecular complexity index is 1440. The van der Waals surface area contributed by atoms with Crippen LogP contribution in [0.15, 0.2) is 12.3 Å². The number of nitriles is 1. The van der Waals surface area contributed by atoms with E-state index in [9.17, 15) is 29.6 Å². The molecule has 16 heteroatoms. The Labute approximate surface area is 272 Å². The first-order valence-corrected chi connectivity index (χ1v) is 17.4. The van der Waals surface area contributed by atoms with Crippen LogP contribution in [0.3, 0.4) is 0 Å². The van der Waals surface area contributed by atoms with Crippen LogP contribution in [0.1, 0.15) is 70.7 Å². The third-order valence-corrected chi connectivity index (χ3v) is 9.76. The molecular formula is C30H41ClN3O11P. The van der Waals surface area contributed by atoms with Gasteiger partial charge in [-0.3, -0.25) is 23.2 Å². The van der Waals surface area contributed by atoms with Gasteiger partial charge in [-0.15, -0.1) is 0 Å². The smallest absolute Gasteiger partial charge is 0.361 e. The number of aromatic nitrogens is 2. The summed E-state index contributed by atoms with van der Waals surface area (Å²) in [6.07, 6.45) is 1.12. The van der Waals surface area contributed by atoms with Crippen LogP contribution in [-0.2, 0) is 48.6 Å². The molecule has 46 heavy (non-hydrogen) atoms. The van der Waals surface area contributed by atoms with Crippen molar-refractivity contribution in [2.24, 2.45) is 17.8 Å². The second-order valence-electron chi connectivity index (χ2n) is 12.1. The van der Waals surface area contributed by atoms with Crippen LogP contribution in [0.4, 0.5) is 0 Å². The van der Waals surface area contributed by atoms with Crippen LogP contribution in [0.25, 0.3) is 11.0 Å². The molecule has 2 aromatic rings. The highest BCUT2D eigenvalue weighted by Gasteiger charge is 2.45. The van der Waals surface area contributed by atoms with E-state index in [0.29, 0.717) is 28.9 Å². The fourth-order valence-electron chi connectivity index (χ4n) is 5.39. The van der Waals surface area contributed by atoms with Crippen LogP contribution in [0.2, 0.25) is 5.15 Å². The van der Waals surface area contributed by atoms with Gasteiger partial charge in [0.05, 0.1) is 24.0 Å². The van der Waals surface area contributed by atoms with Gasteiger partial charge in [0, 0.05) is 11.6 Å². The fraction of sp³-hybridized carbons (Fsp3) is 0.667. The topological polar surface area (TPSA) is 189 Å². The minimum absolute atomic E-state index is 0.0461. The van der Waals surface area contributed by atoms with E-state index in [0.717, 1.165) is 31.2 Å². The van der Waals surface area contributed by atoms with Gasteiger partial charge in [-0.25, -0.2) is 4.98 Å². The molecule has 0 radical (unpaired) electrons. The molecule has 0 aromatic carbocycles. The molecule has 4 rings (SSSR count). The van der Waals surface area contributed by atoms with Crippen molar-refractivity contribution in [3.8, 4) is 6.07 Å². The molecule has 14 nitrogen and oxygen atoms in total. The Morgan fingerprint density at radius 3 is 2.28 bits per heavy atom. The van der Waals surface area contributed by atoms with Gasteiger partial charge in [0.15, 0.2) is 6.23 Å². The first-order valence-electron chi connectivity index (χ1n) is 15.2. The number of aliphatic hydroxyl groups excluding tert-OH is 2. The first kappa shape index (κ1) is 36.2. The van der Waals surface area contributed by atoms with E-state index >= 15 is 0 Å². The van der Waals surface area contributed by atoms with Crippen LogP contribution in [0, 0.1) is 29.1 Å². The highest BCUT2D eigenvalue weighted by atomic mass is 35.5. The zero-order chi connectivity index (χ0) is 33.6. The van der Waals surface area contributed by atoms with Gasteiger partial charge in [-0.1, -0.05) is 65.0 Å². The van der Waals surface area contributed by atoms with E-state index in [1.165, 1.54) is 0 Å². The lowest BCUT2D eigenvalue weighted by Gasteiger charge is -2.21. The van der Waals surface area contributed by atoms with Gasteiger partial charge in [-0.05, 0) is 24.0 Å². The van der Waals surface area contributed by atoms with Crippen molar-refractivity contribution in [3.05, 3.63) is 28.5 Å². The number of pyridine rings is 1. The number of carbonyl (C=O) groups is 2. The Kier molecular flexibility index (Phi) is 12.6. The number of carbonyl (C=O) groups excluding carboxylic acids is 2. The minimum atomic E-state index is -4.14. The highest BCUT2D eigenvalue weighted by Crippen LogP contribution is 2.48. The number of ether oxygens (including phenoxy) is 4. The monoisotopic (exact) mass is 685 g/mol. The van der Waals surface area contributed by atoms with Crippen molar-refractivity contribution in [3.63, 3.8) is 0 Å². The van der Waals surface area contributed by atoms with Gasteiger partial charge < -0.3 is 33.7 Å². The van der Waals surface area contributed by atoms with Crippen LogP contribution < -0.4 is 0 Å². The number of rotatable bonds is 15. The SMILES string of the molecule is CC(C)C(=O)OCOP(=O)(COC[C@H]1O[C@@H](n2ccc3c(CC4CCCC4)c(C#N)c(Cl)nc32)[C@H](O)[C@@H]1O)OCOC(=O)C(C)C. The van der Waals surface area contributed by atoms with E-state index in [1.807, 2.05) is 0 Å². The summed E-state index contributed by atoms with van der Waals surface area (Å²) in [5.41, 5.74) is 1.52. The lowest BCUT2D eigenvalue weighted by atomic mass is 9.94. The largest absolute Gasteiger partial charge is 0.438 e. The molecule has 0 spiro atoms. The molecular weight excluding hydrogens is 645 g/mol. The van der Waals surface area contributed by atoms with Crippen LogP contribution >= 0.6 is 19.2 Å². The molecule has 1 aliphatic carbocycles. The van der Waals surface area contributed by atoms with Gasteiger partial charge in [0.25, 0.3) is 0 Å². The minimum Gasteiger partial charge on any atom is -0.438 e. The standard InChI is InChI=1S/C30H41ClN3O11P/c1-17(2)29(37)41-14-43-46(39,44-15-42-30(38)18(3)4)16-40-13-23-24(35)25(36)28(45-23)34-10-9-20-21(11-19-7-5-6-8-19)22(12-32)26(31)33-27(20)34/h9-10,17-19,23-25,28,35-36H,5-8,11,13-16H2,1-4H3/t23-,24-,25-,28-/m1/s1. The van der Waals surface area contributed by atoms with Crippen LogP contribution in [-0.4, -0.2) is 76.6 Å². The summed E-state index contributed by atoms with van der Waals surface area (Å²) in [7, 11) is -4.14. The summed E-state index contributed by atoms with van der Waals surface area (Å²) >= 11 is 6.45. The molecule has 1 aliphatic heterocycles. The molecule has 3 heterocycles. The Hall–Kier alpha value is -2.60. The van der Waals surface area contributed by atoms with E-state index in [1.54, 1.807) is 44.5 Å². The number of hydrogen-bond donors (Lipinski definition) is 2. The van der Waals surface area contributed by atoms with Gasteiger partial charge >= 0.3 is 19.5 Å². The maximum Gasteiger partial charge on any atom is 0.361 e. The van der Waals surface area contributed by atoms with E-state index in [4.69, 9.17) is 39.6 Å². The molecule has 2 aliphatic rings. The molecule has 4 atom stereocenters. The Morgan fingerprint density at radius 2 is 1.72 bits per heavy atom. The number of hydrogen-bond acceptors (Lipinski definition) is 13. The summed E-state index contributed by atoms with van der Waals surface area (Å²) < 4.78 is 46.6.